The SMILES string of the molecule is O=C(O)C(Cc1ccccc1Cl)c1ncnc2ccsc12. The van der Waals surface area contributed by atoms with E-state index in [4.69, 9.17) is 11.6 Å². The van der Waals surface area contributed by atoms with Crippen molar-refractivity contribution in [1.82, 2.24) is 9.97 Å². The summed E-state index contributed by atoms with van der Waals surface area (Å²) in [6.07, 6.45) is 1.71. The van der Waals surface area contributed by atoms with Crippen molar-refractivity contribution < 1.29 is 9.90 Å². The average molecular weight is 319 g/mol. The number of fused-ring (bicyclic) bond motifs is 1. The Morgan fingerprint density at radius 3 is 2.86 bits per heavy atom. The molecule has 0 bridgehead atoms. The zero-order valence-electron chi connectivity index (χ0n) is 10.9. The van der Waals surface area contributed by atoms with Gasteiger partial charge in [-0.15, -0.1) is 11.3 Å². The predicted molar refractivity (Wildman–Crippen MR) is 82.9 cm³/mol. The second-order valence-electron chi connectivity index (χ2n) is 4.58. The van der Waals surface area contributed by atoms with E-state index in [2.05, 4.69) is 9.97 Å². The van der Waals surface area contributed by atoms with E-state index >= 15 is 0 Å². The predicted octanol–water partition coefficient (Wildman–Crippen LogP) is 3.76. The number of aliphatic carboxylic acids is 1. The summed E-state index contributed by atoms with van der Waals surface area (Å²) in [6, 6.07) is 9.13. The van der Waals surface area contributed by atoms with Crippen molar-refractivity contribution in [3.63, 3.8) is 0 Å². The first-order chi connectivity index (χ1) is 10.2. The Morgan fingerprint density at radius 1 is 1.29 bits per heavy atom. The van der Waals surface area contributed by atoms with Crippen LogP contribution >= 0.6 is 22.9 Å². The summed E-state index contributed by atoms with van der Waals surface area (Å²) in [4.78, 5) is 20.0. The highest BCUT2D eigenvalue weighted by Crippen LogP contribution is 2.30. The Hall–Kier alpha value is -1.98. The third-order valence-corrected chi connectivity index (χ3v) is 4.58. The van der Waals surface area contributed by atoms with Crippen LogP contribution in [0.25, 0.3) is 10.2 Å². The Bertz CT molecular complexity index is 803. The minimum atomic E-state index is -0.914. The van der Waals surface area contributed by atoms with E-state index in [0.717, 1.165) is 15.8 Å². The molecule has 0 spiro atoms. The fraction of sp³-hybridized carbons (Fsp3) is 0.133. The molecule has 0 aliphatic rings. The highest BCUT2D eigenvalue weighted by atomic mass is 35.5. The van der Waals surface area contributed by atoms with Crippen LogP contribution in [-0.2, 0) is 11.2 Å². The van der Waals surface area contributed by atoms with Crippen molar-refractivity contribution in [1.29, 1.82) is 0 Å². The first-order valence-electron chi connectivity index (χ1n) is 6.31. The average Bonchev–Trinajstić information content (AvgIpc) is 2.94. The molecule has 2 aromatic heterocycles. The molecule has 0 saturated carbocycles. The van der Waals surface area contributed by atoms with Crippen LogP contribution in [0, 0.1) is 0 Å². The molecule has 0 saturated heterocycles. The number of hydrogen-bond acceptors (Lipinski definition) is 4. The minimum absolute atomic E-state index is 0.305. The zero-order chi connectivity index (χ0) is 14.8. The van der Waals surface area contributed by atoms with Crippen LogP contribution in [0.3, 0.4) is 0 Å². The van der Waals surface area contributed by atoms with Gasteiger partial charge in [-0.1, -0.05) is 29.8 Å². The third-order valence-electron chi connectivity index (χ3n) is 3.28. The molecule has 0 radical (unpaired) electrons. The fourth-order valence-electron chi connectivity index (χ4n) is 2.24. The molecule has 3 rings (SSSR count). The monoisotopic (exact) mass is 318 g/mol. The maximum Gasteiger partial charge on any atom is 0.312 e. The summed E-state index contributed by atoms with van der Waals surface area (Å²) in [5.74, 6) is -1.66. The first kappa shape index (κ1) is 14.0. The van der Waals surface area contributed by atoms with Gasteiger partial charge in [0.2, 0.25) is 0 Å². The van der Waals surface area contributed by atoms with Gasteiger partial charge < -0.3 is 5.11 Å². The van der Waals surface area contributed by atoms with Gasteiger partial charge in [0.25, 0.3) is 0 Å². The van der Waals surface area contributed by atoms with Gasteiger partial charge in [0.15, 0.2) is 0 Å². The van der Waals surface area contributed by atoms with Crippen molar-refractivity contribution >= 4 is 39.1 Å². The van der Waals surface area contributed by atoms with Crippen LogP contribution in [0.1, 0.15) is 17.2 Å². The summed E-state index contributed by atoms with van der Waals surface area (Å²) >= 11 is 7.59. The van der Waals surface area contributed by atoms with Gasteiger partial charge in [0, 0.05) is 5.02 Å². The van der Waals surface area contributed by atoms with E-state index in [1.807, 2.05) is 29.6 Å². The normalized spacial score (nSPS) is 12.4. The number of rotatable bonds is 4. The smallest absolute Gasteiger partial charge is 0.312 e. The van der Waals surface area contributed by atoms with E-state index in [9.17, 15) is 9.90 Å². The second kappa shape index (κ2) is 5.79. The standard InChI is InChI=1S/C15H11ClN2O2S/c16-11-4-2-1-3-9(11)7-10(15(19)20)13-14-12(5-6-21-14)17-8-18-13/h1-6,8,10H,7H2,(H,19,20). The first-order valence-corrected chi connectivity index (χ1v) is 7.57. The van der Waals surface area contributed by atoms with Crippen LogP contribution < -0.4 is 0 Å². The number of thiophene rings is 1. The molecule has 3 aromatic rings. The van der Waals surface area contributed by atoms with Crippen LogP contribution in [0.4, 0.5) is 0 Å². The van der Waals surface area contributed by atoms with Gasteiger partial charge in [-0.2, -0.15) is 0 Å². The summed E-state index contributed by atoms with van der Waals surface area (Å²) in [5.41, 5.74) is 2.12. The Labute approximate surface area is 130 Å². The van der Waals surface area contributed by atoms with Gasteiger partial charge in [0.05, 0.1) is 15.9 Å². The molecule has 21 heavy (non-hydrogen) atoms. The number of halogens is 1. The Morgan fingerprint density at radius 2 is 2.10 bits per heavy atom. The molecule has 0 aliphatic carbocycles. The fourth-order valence-corrected chi connectivity index (χ4v) is 3.34. The summed E-state index contributed by atoms with van der Waals surface area (Å²) in [7, 11) is 0. The molecule has 1 aromatic carbocycles. The van der Waals surface area contributed by atoms with Gasteiger partial charge >= 0.3 is 5.97 Å². The number of nitrogens with zero attached hydrogens (tertiary/aromatic N) is 2. The lowest BCUT2D eigenvalue weighted by Gasteiger charge is -2.13. The summed E-state index contributed by atoms with van der Waals surface area (Å²) in [5, 5.41) is 12.0. The van der Waals surface area contributed by atoms with Crippen LogP contribution in [0.2, 0.25) is 5.02 Å². The molecule has 106 valence electrons. The number of aromatic nitrogens is 2. The molecule has 1 unspecified atom stereocenters. The van der Waals surface area contributed by atoms with E-state index in [0.29, 0.717) is 17.1 Å². The van der Waals surface area contributed by atoms with Crippen LogP contribution in [-0.4, -0.2) is 21.0 Å². The van der Waals surface area contributed by atoms with E-state index in [1.54, 1.807) is 6.07 Å². The van der Waals surface area contributed by atoms with Gasteiger partial charge in [-0.05, 0) is 29.5 Å². The third kappa shape index (κ3) is 2.75. The maximum absolute atomic E-state index is 11.7. The van der Waals surface area contributed by atoms with Gasteiger partial charge in [-0.3, -0.25) is 4.79 Å². The van der Waals surface area contributed by atoms with E-state index in [-0.39, 0.29) is 0 Å². The van der Waals surface area contributed by atoms with Crippen molar-refractivity contribution in [3.8, 4) is 0 Å². The molecule has 4 nitrogen and oxygen atoms in total. The largest absolute Gasteiger partial charge is 0.481 e. The lowest BCUT2D eigenvalue weighted by molar-refractivity contribution is -0.138. The molecule has 1 atom stereocenters. The molecular formula is C15H11ClN2O2S. The minimum Gasteiger partial charge on any atom is -0.481 e. The number of carboxylic acid groups (broad SMARTS) is 1. The van der Waals surface area contributed by atoms with Crippen molar-refractivity contribution in [2.75, 3.05) is 0 Å². The summed E-state index contributed by atoms with van der Waals surface area (Å²) < 4.78 is 0.817. The Kier molecular flexibility index (Phi) is 3.86. The van der Waals surface area contributed by atoms with E-state index < -0.39 is 11.9 Å². The number of benzene rings is 1. The Balaban J connectivity index is 2.05. The molecule has 1 N–H and O–H groups in total. The number of hydrogen-bond donors (Lipinski definition) is 1. The maximum atomic E-state index is 11.7. The molecule has 2 heterocycles. The molecular weight excluding hydrogens is 308 g/mol. The lowest BCUT2D eigenvalue weighted by atomic mass is 9.95. The van der Waals surface area contributed by atoms with Gasteiger partial charge in [0.1, 0.15) is 12.2 Å². The number of carboxylic acids is 1. The van der Waals surface area contributed by atoms with Crippen LogP contribution in [0.15, 0.2) is 42.0 Å². The zero-order valence-corrected chi connectivity index (χ0v) is 12.4. The van der Waals surface area contributed by atoms with Crippen molar-refractivity contribution in [2.24, 2.45) is 0 Å². The highest BCUT2D eigenvalue weighted by molar-refractivity contribution is 7.17. The number of carbonyl (C=O) groups is 1. The van der Waals surface area contributed by atoms with Crippen molar-refractivity contribution in [3.05, 3.63) is 58.3 Å². The summed E-state index contributed by atoms with van der Waals surface area (Å²) in [6.45, 7) is 0. The lowest BCUT2D eigenvalue weighted by Crippen LogP contribution is -2.16. The molecule has 0 amide bonds. The second-order valence-corrected chi connectivity index (χ2v) is 5.90. The van der Waals surface area contributed by atoms with E-state index in [1.165, 1.54) is 17.7 Å². The van der Waals surface area contributed by atoms with Crippen LogP contribution in [0.5, 0.6) is 0 Å². The van der Waals surface area contributed by atoms with Gasteiger partial charge in [-0.25, -0.2) is 9.97 Å². The highest BCUT2D eigenvalue weighted by Gasteiger charge is 2.25. The molecule has 0 fully saturated rings. The van der Waals surface area contributed by atoms with Crippen molar-refractivity contribution in [2.45, 2.75) is 12.3 Å². The molecule has 0 aliphatic heterocycles. The molecule has 6 heteroatoms. The topological polar surface area (TPSA) is 63.1 Å². The quantitative estimate of drug-likeness (QED) is 0.795.